The van der Waals surface area contributed by atoms with E-state index in [1.807, 2.05) is 0 Å². The molecule has 2 N–H and O–H groups in total. The molecule has 4 heteroatoms. The first-order valence-corrected chi connectivity index (χ1v) is 8.87. The number of nitrogens with zero attached hydrogens (tertiary/aromatic N) is 1. The maximum absolute atomic E-state index is 6.48. The number of fused-ring (bicyclic) bond motifs is 1. The topological polar surface area (TPSA) is 38.5 Å². The lowest BCUT2D eigenvalue weighted by Crippen LogP contribution is -2.43. The van der Waals surface area contributed by atoms with Gasteiger partial charge in [0.2, 0.25) is 0 Å². The van der Waals surface area contributed by atoms with E-state index < -0.39 is 0 Å². The average molecular weight is 353 g/mol. The Kier molecular flexibility index (Phi) is 4.57. The highest BCUT2D eigenvalue weighted by atomic mass is 79.9. The molecule has 1 unspecified atom stereocenters. The number of ether oxygens (including phenoxy) is 1. The second-order valence-electron chi connectivity index (χ2n) is 6.47. The van der Waals surface area contributed by atoms with Gasteiger partial charge in [0.15, 0.2) is 0 Å². The molecule has 3 nitrogen and oxygen atoms in total. The van der Waals surface area contributed by atoms with Crippen LogP contribution in [-0.2, 0) is 0 Å². The van der Waals surface area contributed by atoms with Gasteiger partial charge in [0.05, 0.1) is 0 Å². The van der Waals surface area contributed by atoms with Gasteiger partial charge in [-0.3, -0.25) is 0 Å². The molecular formula is C17H25BrN2O. The van der Waals surface area contributed by atoms with Gasteiger partial charge in [-0.15, -0.1) is 0 Å². The Bertz CT molecular complexity index is 508. The fourth-order valence-corrected chi connectivity index (χ4v) is 4.10. The van der Waals surface area contributed by atoms with Crippen LogP contribution in [0.25, 0.3) is 0 Å². The van der Waals surface area contributed by atoms with Crippen molar-refractivity contribution in [2.45, 2.75) is 50.7 Å². The SMILES string of the molecule is CCCN1CCCC2(CC1)C[C@@H](N)c1ccc(Br)cc1O2. The zero-order chi connectivity index (χ0) is 14.9. The van der Waals surface area contributed by atoms with Gasteiger partial charge < -0.3 is 15.4 Å². The van der Waals surface area contributed by atoms with Crippen molar-refractivity contribution >= 4 is 15.9 Å². The van der Waals surface area contributed by atoms with Gasteiger partial charge in [-0.25, -0.2) is 0 Å². The summed E-state index contributed by atoms with van der Waals surface area (Å²) in [7, 11) is 0. The van der Waals surface area contributed by atoms with Gasteiger partial charge in [-0.1, -0.05) is 28.9 Å². The maximum Gasteiger partial charge on any atom is 0.126 e. The van der Waals surface area contributed by atoms with Crippen molar-refractivity contribution in [3.8, 4) is 5.75 Å². The molecule has 1 aromatic carbocycles. The lowest BCUT2D eigenvalue weighted by molar-refractivity contribution is 0.0217. The van der Waals surface area contributed by atoms with Crippen LogP contribution in [0.15, 0.2) is 22.7 Å². The fourth-order valence-electron chi connectivity index (χ4n) is 3.76. The molecule has 1 spiro atoms. The van der Waals surface area contributed by atoms with Gasteiger partial charge in [-0.2, -0.15) is 0 Å². The zero-order valence-corrected chi connectivity index (χ0v) is 14.4. The number of hydrogen-bond acceptors (Lipinski definition) is 3. The summed E-state index contributed by atoms with van der Waals surface area (Å²) in [6.45, 7) is 5.77. The zero-order valence-electron chi connectivity index (χ0n) is 12.8. The van der Waals surface area contributed by atoms with Crippen molar-refractivity contribution in [2.75, 3.05) is 19.6 Å². The Morgan fingerprint density at radius 3 is 3.05 bits per heavy atom. The first-order chi connectivity index (χ1) is 10.1. The maximum atomic E-state index is 6.48. The third-order valence-corrected chi connectivity index (χ3v) is 5.32. The summed E-state index contributed by atoms with van der Waals surface area (Å²) in [6, 6.07) is 6.32. The standard InChI is InChI=1S/C17H25BrN2O/c1-2-8-20-9-3-6-17(7-10-20)12-15(19)14-5-4-13(18)11-16(14)21-17/h4-5,11,15H,2-3,6-10,12,19H2,1H3/t15-,17?/m1/s1. The number of nitrogens with two attached hydrogens (primary N) is 1. The van der Waals surface area contributed by atoms with Gasteiger partial charge in [0, 0.05) is 29.0 Å². The molecule has 1 saturated heterocycles. The van der Waals surface area contributed by atoms with Crippen LogP contribution in [0, 0.1) is 0 Å². The molecule has 0 amide bonds. The molecule has 0 bridgehead atoms. The minimum Gasteiger partial charge on any atom is -0.487 e. The Morgan fingerprint density at radius 1 is 1.38 bits per heavy atom. The summed E-state index contributed by atoms with van der Waals surface area (Å²) in [5.41, 5.74) is 7.53. The third kappa shape index (κ3) is 3.27. The summed E-state index contributed by atoms with van der Waals surface area (Å²) in [6.07, 6.45) is 5.58. The minimum absolute atomic E-state index is 0.0598. The third-order valence-electron chi connectivity index (χ3n) is 4.82. The predicted molar refractivity (Wildman–Crippen MR) is 89.6 cm³/mol. The number of rotatable bonds is 2. The van der Waals surface area contributed by atoms with E-state index in [1.165, 1.54) is 25.9 Å². The first-order valence-electron chi connectivity index (χ1n) is 8.08. The quantitative estimate of drug-likeness (QED) is 0.877. The summed E-state index contributed by atoms with van der Waals surface area (Å²) in [4.78, 5) is 2.57. The van der Waals surface area contributed by atoms with Crippen molar-refractivity contribution in [1.82, 2.24) is 4.90 Å². The second-order valence-corrected chi connectivity index (χ2v) is 7.39. The highest BCUT2D eigenvalue weighted by Gasteiger charge is 2.40. The summed E-state index contributed by atoms with van der Waals surface area (Å²) in [5.74, 6) is 0.979. The molecule has 2 aliphatic rings. The van der Waals surface area contributed by atoms with Gasteiger partial charge >= 0.3 is 0 Å². The molecule has 0 aromatic heterocycles. The van der Waals surface area contributed by atoms with Gasteiger partial charge in [0.25, 0.3) is 0 Å². The first kappa shape index (κ1) is 15.3. The highest BCUT2D eigenvalue weighted by Crippen LogP contribution is 2.44. The van der Waals surface area contributed by atoms with Crippen molar-refractivity contribution in [2.24, 2.45) is 5.73 Å². The van der Waals surface area contributed by atoms with E-state index in [1.54, 1.807) is 0 Å². The largest absolute Gasteiger partial charge is 0.487 e. The second kappa shape index (κ2) is 6.27. The van der Waals surface area contributed by atoms with Crippen LogP contribution in [0.4, 0.5) is 0 Å². The fraction of sp³-hybridized carbons (Fsp3) is 0.647. The average Bonchev–Trinajstić information content (AvgIpc) is 2.62. The van der Waals surface area contributed by atoms with Gasteiger partial charge in [-0.05, 0) is 50.9 Å². The summed E-state index contributed by atoms with van der Waals surface area (Å²) >= 11 is 3.54. The van der Waals surface area contributed by atoms with Crippen molar-refractivity contribution in [3.63, 3.8) is 0 Å². The number of halogens is 1. The van der Waals surface area contributed by atoms with Crippen LogP contribution in [0.3, 0.4) is 0 Å². The van der Waals surface area contributed by atoms with E-state index in [2.05, 4.69) is 46.0 Å². The molecular weight excluding hydrogens is 328 g/mol. The lowest BCUT2D eigenvalue weighted by atomic mass is 9.82. The molecule has 21 heavy (non-hydrogen) atoms. The number of likely N-dealkylation sites (tertiary alicyclic amines) is 1. The molecule has 0 aliphatic carbocycles. The predicted octanol–water partition coefficient (Wildman–Crippen LogP) is 3.87. The normalized spacial score (nSPS) is 29.8. The molecule has 1 fully saturated rings. The Hall–Kier alpha value is -0.580. The Morgan fingerprint density at radius 2 is 2.24 bits per heavy atom. The number of benzene rings is 1. The van der Waals surface area contributed by atoms with Crippen LogP contribution in [0.1, 0.15) is 50.6 Å². The van der Waals surface area contributed by atoms with E-state index in [9.17, 15) is 0 Å². The van der Waals surface area contributed by atoms with Crippen molar-refractivity contribution < 1.29 is 4.74 Å². The molecule has 2 atom stereocenters. The van der Waals surface area contributed by atoms with Crippen LogP contribution in [-0.4, -0.2) is 30.1 Å². The van der Waals surface area contributed by atoms with Gasteiger partial charge in [0.1, 0.15) is 11.4 Å². The smallest absolute Gasteiger partial charge is 0.126 e. The molecule has 0 radical (unpaired) electrons. The Labute approximate surface area is 136 Å². The van der Waals surface area contributed by atoms with E-state index in [4.69, 9.17) is 10.5 Å². The van der Waals surface area contributed by atoms with E-state index in [0.717, 1.165) is 41.6 Å². The van der Waals surface area contributed by atoms with Crippen LogP contribution >= 0.6 is 15.9 Å². The molecule has 2 heterocycles. The van der Waals surface area contributed by atoms with Crippen LogP contribution < -0.4 is 10.5 Å². The van der Waals surface area contributed by atoms with E-state index in [0.29, 0.717) is 0 Å². The lowest BCUT2D eigenvalue weighted by Gasteiger charge is -2.41. The molecule has 3 rings (SSSR count). The van der Waals surface area contributed by atoms with Crippen LogP contribution in [0.5, 0.6) is 5.75 Å². The molecule has 0 saturated carbocycles. The monoisotopic (exact) mass is 352 g/mol. The summed E-state index contributed by atoms with van der Waals surface area (Å²) in [5, 5.41) is 0. The molecule has 1 aromatic rings. The highest BCUT2D eigenvalue weighted by molar-refractivity contribution is 9.10. The van der Waals surface area contributed by atoms with E-state index >= 15 is 0 Å². The van der Waals surface area contributed by atoms with E-state index in [-0.39, 0.29) is 11.6 Å². The van der Waals surface area contributed by atoms with Crippen molar-refractivity contribution in [3.05, 3.63) is 28.2 Å². The molecule has 2 aliphatic heterocycles. The summed E-state index contributed by atoms with van der Waals surface area (Å²) < 4.78 is 7.54. The van der Waals surface area contributed by atoms with Crippen LogP contribution in [0.2, 0.25) is 0 Å². The molecule has 116 valence electrons. The van der Waals surface area contributed by atoms with Crippen molar-refractivity contribution in [1.29, 1.82) is 0 Å². The Balaban J connectivity index is 1.80. The number of hydrogen-bond donors (Lipinski definition) is 1. The minimum atomic E-state index is -0.0598.